The van der Waals surface area contributed by atoms with Crippen molar-refractivity contribution in [1.29, 1.82) is 0 Å². The second kappa shape index (κ2) is 10.4. The number of fused-ring (bicyclic) bond motifs is 4. The van der Waals surface area contributed by atoms with Crippen molar-refractivity contribution in [3.8, 4) is 40.0 Å². The SMILES string of the molecule is COc1cc2c(c(O[C@@H]3O[C@H](CO)[C@@H](O)[C@H](O)[C@H]3O)c1OC)CC[n+]1cc3c(OC)c(OC)ccc3cc1-2. The van der Waals surface area contributed by atoms with Crippen molar-refractivity contribution in [2.45, 2.75) is 43.7 Å². The number of ether oxygens (including phenoxy) is 6. The van der Waals surface area contributed by atoms with Crippen LogP contribution in [0.4, 0.5) is 0 Å². The second-order valence-corrected chi connectivity index (χ2v) is 9.19. The molecule has 1 fully saturated rings. The molecule has 1 saturated heterocycles. The van der Waals surface area contributed by atoms with Crippen molar-refractivity contribution in [1.82, 2.24) is 0 Å². The molecule has 5 atom stereocenters. The molecule has 0 aliphatic carbocycles. The molecule has 2 aliphatic heterocycles. The maximum absolute atomic E-state index is 10.6. The van der Waals surface area contributed by atoms with Gasteiger partial charge in [0.1, 0.15) is 24.4 Å². The topological polar surface area (TPSA) is 140 Å². The zero-order valence-corrected chi connectivity index (χ0v) is 21.6. The van der Waals surface area contributed by atoms with Gasteiger partial charge in [0, 0.05) is 18.1 Å². The van der Waals surface area contributed by atoms with Crippen LogP contribution in [0.2, 0.25) is 0 Å². The van der Waals surface area contributed by atoms with Gasteiger partial charge in [-0.2, -0.15) is 4.57 Å². The van der Waals surface area contributed by atoms with E-state index in [2.05, 4.69) is 4.57 Å². The molecule has 2 aromatic carbocycles. The average Bonchev–Trinajstić information content (AvgIpc) is 2.94. The van der Waals surface area contributed by atoms with Crippen LogP contribution in [0, 0.1) is 0 Å². The van der Waals surface area contributed by atoms with Crippen LogP contribution in [0.1, 0.15) is 5.56 Å². The van der Waals surface area contributed by atoms with Crippen molar-refractivity contribution >= 4 is 10.8 Å². The molecular formula is C27H32NO10+. The van der Waals surface area contributed by atoms with E-state index in [0.717, 1.165) is 27.6 Å². The molecule has 0 spiro atoms. The van der Waals surface area contributed by atoms with Crippen molar-refractivity contribution in [3.63, 3.8) is 0 Å². The molecule has 3 aromatic rings. The van der Waals surface area contributed by atoms with Crippen molar-refractivity contribution < 1.29 is 53.4 Å². The second-order valence-electron chi connectivity index (χ2n) is 9.19. The first kappa shape index (κ1) is 26.3. The summed E-state index contributed by atoms with van der Waals surface area (Å²) < 4.78 is 36.2. The fourth-order valence-corrected chi connectivity index (χ4v) is 5.21. The Morgan fingerprint density at radius 1 is 0.868 bits per heavy atom. The van der Waals surface area contributed by atoms with E-state index in [-0.39, 0.29) is 5.75 Å². The van der Waals surface area contributed by atoms with Gasteiger partial charge >= 0.3 is 0 Å². The molecule has 2 aliphatic rings. The van der Waals surface area contributed by atoms with Gasteiger partial charge in [0.2, 0.25) is 17.7 Å². The van der Waals surface area contributed by atoms with Crippen LogP contribution in [0.15, 0.2) is 30.5 Å². The Labute approximate surface area is 219 Å². The van der Waals surface area contributed by atoms with Crippen molar-refractivity contribution in [3.05, 3.63) is 36.0 Å². The fourth-order valence-electron chi connectivity index (χ4n) is 5.21. The lowest BCUT2D eigenvalue weighted by atomic mass is 9.93. The lowest BCUT2D eigenvalue weighted by Crippen LogP contribution is -2.60. The Balaban J connectivity index is 1.65. The van der Waals surface area contributed by atoms with Crippen LogP contribution in [0.25, 0.3) is 22.0 Å². The summed E-state index contributed by atoms with van der Waals surface area (Å²) in [5, 5.41) is 42.5. The minimum Gasteiger partial charge on any atom is -0.493 e. The first-order chi connectivity index (χ1) is 18.4. The molecule has 4 N–H and O–H groups in total. The van der Waals surface area contributed by atoms with E-state index in [4.69, 9.17) is 28.4 Å². The highest BCUT2D eigenvalue weighted by Gasteiger charge is 2.45. The molecule has 5 rings (SSSR count). The summed E-state index contributed by atoms with van der Waals surface area (Å²) in [4.78, 5) is 0. The van der Waals surface area contributed by atoms with Crippen LogP contribution in [-0.4, -0.2) is 86.2 Å². The number of aliphatic hydroxyl groups is 4. The Hall–Kier alpha value is -3.35. The van der Waals surface area contributed by atoms with Gasteiger partial charge in [-0.3, -0.25) is 0 Å². The van der Waals surface area contributed by atoms with Gasteiger partial charge in [-0.25, -0.2) is 0 Å². The number of aryl methyl sites for hydroxylation is 1. The minimum absolute atomic E-state index is 0.282. The normalized spacial score (nSPS) is 24.4. The molecule has 0 saturated carbocycles. The van der Waals surface area contributed by atoms with E-state index < -0.39 is 37.3 Å². The number of methoxy groups -OCH3 is 4. The zero-order valence-electron chi connectivity index (χ0n) is 21.6. The van der Waals surface area contributed by atoms with E-state index in [1.54, 1.807) is 14.2 Å². The number of rotatable bonds is 7. The van der Waals surface area contributed by atoms with E-state index in [9.17, 15) is 20.4 Å². The third kappa shape index (κ3) is 4.16. The van der Waals surface area contributed by atoms with Crippen LogP contribution in [-0.2, 0) is 17.7 Å². The van der Waals surface area contributed by atoms with E-state index in [1.165, 1.54) is 14.2 Å². The predicted octanol–water partition coefficient (Wildman–Crippen LogP) is 0.563. The maximum atomic E-state index is 10.6. The predicted molar refractivity (Wildman–Crippen MR) is 134 cm³/mol. The number of aromatic nitrogens is 1. The molecule has 3 heterocycles. The molecule has 11 nitrogen and oxygen atoms in total. The van der Waals surface area contributed by atoms with Gasteiger partial charge in [-0.05, 0) is 23.6 Å². The quantitative estimate of drug-likeness (QED) is 0.321. The Morgan fingerprint density at radius 3 is 2.26 bits per heavy atom. The van der Waals surface area contributed by atoms with Crippen LogP contribution in [0.3, 0.4) is 0 Å². The number of aliphatic hydroxyl groups excluding tert-OH is 4. The highest BCUT2D eigenvalue weighted by atomic mass is 16.7. The molecule has 0 unspecified atom stereocenters. The molecule has 11 heteroatoms. The first-order valence-corrected chi connectivity index (χ1v) is 12.2. The van der Waals surface area contributed by atoms with E-state index in [0.29, 0.717) is 36.0 Å². The van der Waals surface area contributed by atoms with Gasteiger partial charge in [0.05, 0.1) is 46.0 Å². The highest BCUT2D eigenvalue weighted by molar-refractivity contribution is 5.92. The Morgan fingerprint density at radius 2 is 1.61 bits per heavy atom. The average molecular weight is 531 g/mol. The largest absolute Gasteiger partial charge is 0.493 e. The van der Waals surface area contributed by atoms with E-state index in [1.807, 2.05) is 30.5 Å². The lowest BCUT2D eigenvalue weighted by Gasteiger charge is -2.40. The number of benzene rings is 2. The highest BCUT2D eigenvalue weighted by Crippen LogP contribution is 2.48. The first-order valence-electron chi connectivity index (χ1n) is 12.2. The molecule has 0 radical (unpaired) electrons. The fraction of sp³-hybridized carbons (Fsp3) is 0.444. The number of hydrogen-bond donors (Lipinski definition) is 4. The standard InChI is InChI=1S/C27H32NO10/c1-33-18-6-5-13-9-17-15-10-19(34-2)26(36-4)25(14(15)7-8-28(17)11-16(13)24(18)35-3)38-27-23(32)22(31)21(30)20(12-29)37-27/h5-6,9-11,20-23,27,29-32H,7-8,12H2,1-4H3/q+1/t20-,21-,22+,23-,27+/m1/s1. The van der Waals surface area contributed by atoms with Gasteiger partial charge < -0.3 is 48.8 Å². The smallest absolute Gasteiger partial charge is 0.229 e. The summed E-state index contributed by atoms with van der Waals surface area (Å²) in [6.07, 6.45) is -4.58. The summed E-state index contributed by atoms with van der Waals surface area (Å²) in [7, 11) is 6.19. The summed E-state index contributed by atoms with van der Waals surface area (Å²) >= 11 is 0. The number of pyridine rings is 1. The molecule has 38 heavy (non-hydrogen) atoms. The molecule has 0 bridgehead atoms. The summed E-state index contributed by atoms with van der Waals surface area (Å²) in [5.74, 6) is 2.25. The van der Waals surface area contributed by atoms with Gasteiger partial charge in [-0.1, -0.05) is 0 Å². The molecular weight excluding hydrogens is 498 g/mol. The molecule has 1 aromatic heterocycles. The van der Waals surface area contributed by atoms with Gasteiger partial charge in [0.15, 0.2) is 35.7 Å². The third-order valence-electron chi connectivity index (χ3n) is 7.19. The lowest BCUT2D eigenvalue weighted by molar-refractivity contribution is -0.686. The third-order valence-corrected chi connectivity index (χ3v) is 7.19. The zero-order chi connectivity index (χ0) is 27.1. The number of nitrogens with zero attached hydrogens (tertiary/aromatic N) is 1. The van der Waals surface area contributed by atoms with Crippen LogP contribution >= 0.6 is 0 Å². The molecule has 0 amide bonds. The van der Waals surface area contributed by atoms with E-state index >= 15 is 0 Å². The maximum Gasteiger partial charge on any atom is 0.229 e. The summed E-state index contributed by atoms with van der Waals surface area (Å²) in [6, 6.07) is 7.72. The summed E-state index contributed by atoms with van der Waals surface area (Å²) in [5.41, 5.74) is 2.51. The van der Waals surface area contributed by atoms with Crippen molar-refractivity contribution in [2.24, 2.45) is 0 Å². The number of hydrogen-bond acceptors (Lipinski definition) is 10. The Bertz CT molecular complexity index is 1340. The summed E-state index contributed by atoms with van der Waals surface area (Å²) in [6.45, 7) is 0.0304. The van der Waals surface area contributed by atoms with Crippen LogP contribution < -0.4 is 28.3 Å². The Kier molecular flexibility index (Phi) is 7.21. The van der Waals surface area contributed by atoms with Gasteiger partial charge in [-0.15, -0.1) is 0 Å². The van der Waals surface area contributed by atoms with Crippen LogP contribution in [0.5, 0.6) is 28.7 Å². The van der Waals surface area contributed by atoms with Gasteiger partial charge in [0.25, 0.3) is 0 Å². The van der Waals surface area contributed by atoms with Crippen molar-refractivity contribution in [2.75, 3.05) is 35.0 Å². The minimum atomic E-state index is -1.58. The molecule has 204 valence electrons. The monoisotopic (exact) mass is 530 g/mol.